The van der Waals surface area contributed by atoms with Gasteiger partial charge in [0.2, 0.25) is 5.91 Å². The number of rotatable bonds is 5. The van der Waals surface area contributed by atoms with Crippen molar-refractivity contribution >= 4 is 30.1 Å². The van der Waals surface area contributed by atoms with Gasteiger partial charge in [0.15, 0.2) is 0 Å². The van der Waals surface area contributed by atoms with Crippen LogP contribution in [0.5, 0.6) is 5.75 Å². The van der Waals surface area contributed by atoms with Gasteiger partial charge in [0.1, 0.15) is 17.4 Å². The van der Waals surface area contributed by atoms with Crippen LogP contribution in [-0.2, 0) is 17.9 Å². The van der Waals surface area contributed by atoms with Gasteiger partial charge in [-0.05, 0) is 31.0 Å². The molecular weight excluding hydrogens is 398 g/mol. The highest BCUT2D eigenvalue weighted by atomic mass is 35.5. The average Bonchev–Trinajstić information content (AvgIpc) is 3.16. The first-order valence-corrected chi connectivity index (χ1v) is 10.4. The molecule has 0 spiro atoms. The number of hydrogen-bond acceptors (Lipinski definition) is 6. The molecule has 0 bridgehead atoms. The van der Waals surface area contributed by atoms with Crippen LogP contribution in [0.3, 0.4) is 0 Å². The molecule has 7 nitrogen and oxygen atoms in total. The number of nitrogens with one attached hydrogen (secondary N) is 1. The van der Waals surface area contributed by atoms with E-state index >= 15 is 0 Å². The lowest BCUT2D eigenvalue weighted by Crippen LogP contribution is -2.39. The van der Waals surface area contributed by atoms with Crippen molar-refractivity contribution in [3.05, 3.63) is 35.9 Å². The highest BCUT2D eigenvalue weighted by Gasteiger charge is 2.28. The first-order valence-electron chi connectivity index (χ1n) is 9.42. The standard InChI is InChI=1S/C19H25N5O2S.ClH/c1-26-15-3-2-4-16(11-15)27-13-18(25)23-8-5-14(6-9-23)19-22-21-17-12-20-7-10-24(17)19;/h2-4,11,14,20H,5-10,12-13H2,1H3;1H. The van der Waals surface area contributed by atoms with Gasteiger partial charge in [0, 0.05) is 37.0 Å². The Labute approximate surface area is 175 Å². The van der Waals surface area contributed by atoms with Crippen LogP contribution in [0.1, 0.15) is 30.4 Å². The summed E-state index contributed by atoms with van der Waals surface area (Å²) in [4.78, 5) is 15.6. The fourth-order valence-electron chi connectivity index (χ4n) is 3.73. The minimum atomic E-state index is 0. The monoisotopic (exact) mass is 423 g/mol. The fourth-order valence-corrected chi connectivity index (χ4v) is 4.58. The minimum absolute atomic E-state index is 0. The SMILES string of the molecule is COc1cccc(SCC(=O)N2CCC(c3nnc4n3CCNC4)CC2)c1.Cl. The molecule has 1 N–H and O–H groups in total. The van der Waals surface area contributed by atoms with Crippen molar-refractivity contribution in [2.45, 2.75) is 36.7 Å². The van der Waals surface area contributed by atoms with E-state index in [1.165, 1.54) is 0 Å². The van der Waals surface area contributed by atoms with E-state index in [9.17, 15) is 4.79 Å². The maximum atomic E-state index is 12.6. The third-order valence-corrected chi connectivity index (χ3v) is 6.25. The molecule has 2 aromatic rings. The lowest BCUT2D eigenvalue weighted by atomic mass is 9.95. The zero-order valence-electron chi connectivity index (χ0n) is 16.0. The van der Waals surface area contributed by atoms with Gasteiger partial charge in [-0.25, -0.2) is 0 Å². The summed E-state index contributed by atoms with van der Waals surface area (Å²) in [5.74, 6) is 4.02. The van der Waals surface area contributed by atoms with Crippen molar-refractivity contribution in [3.63, 3.8) is 0 Å². The highest BCUT2D eigenvalue weighted by molar-refractivity contribution is 8.00. The van der Waals surface area contributed by atoms with Gasteiger partial charge in [-0.1, -0.05) is 6.07 Å². The van der Waals surface area contributed by atoms with Crippen molar-refractivity contribution in [2.24, 2.45) is 0 Å². The van der Waals surface area contributed by atoms with Gasteiger partial charge in [-0.3, -0.25) is 4.79 Å². The van der Waals surface area contributed by atoms with E-state index in [1.807, 2.05) is 29.2 Å². The number of hydrogen-bond donors (Lipinski definition) is 1. The normalized spacial score (nSPS) is 17.0. The Kier molecular flexibility index (Phi) is 7.20. The number of likely N-dealkylation sites (tertiary alicyclic amines) is 1. The quantitative estimate of drug-likeness (QED) is 0.744. The van der Waals surface area contributed by atoms with Gasteiger partial charge in [0.05, 0.1) is 19.4 Å². The number of thioether (sulfide) groups is 1. The summed E-state index contributed by atoms with van der Waals surface area (Å²) >= 11 is 1.56. The number of fused-ring (bicyclic) bond motifs is 1. The largest absolute Gasteiger partial charge is 0.497 e. The molecule has 28 heavy (non-hydrogen) atoms. The number of aromatic nitrogens is 3. The summed E-state index contributed by atoms with van der Waals surface area (Å²) in [7, 11) is 1.65. The summed E-state index contributed by atoms with van der Waals surface area (Å²) in [5.41, 5.74) is 0. The topological polar surface area (TPSA) is 72.3 Å². The van der Waals surface area contributed by atoms with Crippen LogP contribution in [0.4, 0.5) is 0 Å². The molecule has 0 radical (unpaired) electrons. The molecule has 1 saturated heterocycles. The first-order chi connectivity index (χ1) is 13.2. The molecule has 0 aliphatic carbocycles. The van der Waals surface area contributed by atoms with Gasteiger partial charge in [0.25, 0.3) is 0 Å². The van der Waals surface area contributed by atoms with Gasteiger partial charge >= 0.3 is 0 Å². The summed E-state index contributed by atoms with van der Waals surface area (Å²) in [5, 5.41) is 12.1. The average molecular weight is 424 g/mol. The van der Waals surface area contributed by atoms with Crippen molar-refractivity contribution in [2.75, 3.05) is 32.5 Å². The molecule has 1 fully saturated rings. The van der Waals surface area contributed by atoms with Crippen molar-refractivity contribution in [1.82, 2.24) is 25.0 Å². The number of piperidine rings is 1. The third kappa shape index (κ3) is 4.61. The van der Waals surface area contributed by atoms with E-state index < -0.39 is 0 Å². The number of halogens is 1. The van der Waals surface area contributed by atoms with E-state index in [0.29, 0.717) is 11.7 Å². The molecule has 2 aliphatic heterocycles. The predicted molar refractivity (Wildman–Crippen MR) is 111 cm³/mol. The Balaban J connectivity index is 0.00000225. The Morgan fingerprint density at radius 1 is 1.29 bits per heavy atom. The lowest BCUT2D eigenvalue weighted by molar-refractivity contribution is -0.129. The van der Waals surface area contributed by atoms with Crippen LogP contribution >= 0.6 is 24.2 Å². The van der Waals surface area contributed by atoms with Crippen LogP contribution in [0.25, 0.3) is 0 Å². The Morgan fingerprint density at radius 3 is 2.89 bits per heavy atom. The maximum absolute atomic E-state index is 12.6. The maximum Gasteiger partial charge on any atom is 0.232 e. The Morgan fingerprint density at radius 2 is 2.11 bits per heavy atom. The molecule has 152 valence electrons. The molecule has 2 aliphatic rings. The Hall–Kier alpha value is -1.77. The summed E-state index contributed by atoms with van der Waals surface area (Å²) in [6, 6.07) is 7.84. The zero-order chi connectivity index (χ0) is 18.6. The van der Waals surface area contributed by atoms with Crippen molar-refractivity contribution in [1.29, 1.82) is 0 Å². The Bertz CT molecular complexity index is 807. The molecule has 9 heteroatoms. The zero-order valence-corrected chi connectivity index (χ0v) is 17.6. The fraction of sp³-hybridized carbons (Fsp3) is 0.526. The number of ether oxygens (including phenoxy) is 1. The van der Waals surface area contributed by atoms with E-state index in [2.05, 4.69) is 20.1 Å². The van der Waals surface area contributed by atoms with Gasteiger partial charge in [-0.2, -0.15) is 0 Å². The number of nitrogens with zero attached hydrogens (tertiary/aromatic N) is 4. The number of benzene rings is 1. The second-order valence-electron chi connectivity index (χ2n) is 6.93. The molecular formula is C19H26ClN5O2S. The molecule has 0 atom stereocenters. The number of methoxy groups -OCH3 is 1. The van der Waals surface area contributed by atoms with E-state index in [0.717, 1.165) is 67.9 Å². The summed E-state index contributed by atoms with van der Waals surface area (Å²) in [6.07, 6.45) is 1.92. The minimum Gasteiger partial charge on any atom is -0.497 e. The van der Waals surface area contributed by atoms with Crippen LogP contribution in [0.2, 0.25) is 0 Å². The first kappa shape index (κ1) is 21.0. The van der Waals surface area contributed by atoms with Crippen molar-refractivity contribution in [3.8, 4) is 5.75 Å². The van der Waals surface area contributed by atoms with E-state index in [-0.39, 0.29) is 18.3 Å². The summed E-state index contributed by atoms with van der Waals surface area (Å²) in [6.45, 7) is 4.29. The van der Waals surface area contributed by atoms with Crippen molar-refractivity contribution < 1.29 is 9.53 Å². The van der Waals surface area contributed by atoms with Gasteiger partial charge < -0.3 is 19.5 Å². The van der Waals surface area contributed by atoms with Gasteiger partial charge in [-0.15, -0.1) is 34.4 Å². The molecule has 1 aromatic carbocycles. The molecule has 0 saturated carbocycles. The molecule has 3 heterocycles. The smallest absolute Gasteiger partial charge is 0.232 e. The molecule has 4 rings (SSSR count). The van der Waals surface area contributed by atoms with Crippen LogP contribution in [0.15, 0.2) is 29.2 Å². The second-order valence-corrected chi connectivity index (χ2v) is 7.97. The summed E-state index contributed by atoms with van der Waals surface area (Å²) < 4.78 is 7.50. The van der Waals surface area contributed by atoms with Crippen LogP contribution in [0, 0.1) is 0 Å². The molecule has 1 amide bonds. The third-order valence-electron chi connectivity index (χ3n) is 5.27. The van der Waals surface area contributed by atoms with E-state index in [4.69, 9.17) is 4.74 Å². The molecule has 0 unspecified atom stereocenters. The number of amides is 1. The lowest BCUT2D eigenvalue weighted by Gasteiger charge is -2.32. The van der Waals surface area contributed by atoms with Crippen LogP contribution < -0.4 is 10.1 Å². The molecule has 1 aromatic heterocycles. The highest BCUT2D eigenvalue weighted by Crippen LogP contribution is 2.29. The van der Waals surface area contributed by atoms with Crippen LogP contribution in [-0.4, -0.2) is 58.1 Å². The second kappa shape index (κ2) is 9.62. The number of carbonyl (C=O) groups excluding carboxylic acids is 1. The number of carbonyl (C=O) groups is 1. The van der Waals surface area contributed by atoms with E-state index in [1.54, 1.807) is 18.9 Å². The predicted octanol–water partition coefficient (Wildman–Crippen LogP) is 2.31.